The number of carboxylic acids is 1. The molecule has 124 valence electrons. The summed E-state index contributed by atoms with van der Waals surface area (Å²) in [5.41, 5.74) is 1.11. The molecule has 0 aliphatic carbocycles. The maximum Gasteiger partial charge on any atom is 0.303 e. The summed E-state index contributed by atoms with van der Waals surface area (Å²) in [5, 5.41) is 31.7. The summed E-state index contributed by atoms with van der Waals surface area (Å²) in [6.45, 7) is 0.383. The number of hydrogen-bond acceptors (Lipinski definition) is 5. The van der Waals surface area contributed by atoms with Gasteiger partial charge in [-0.25, -0.2) is 0 Å². The van der Waals surface area contributed by atoms with Gasteiger partial charge in [0.15, 0.2) is 0 Å². The van der Waals surface area contributed by atoms with Gasteiger partial charge in [0.05, 0.1) is 11.6 Å². The summed E-state index contributed by atoms with van der Waals surface area (Å²) in [4.78, 5) is 22.2. The molecule has 0 saturated carbocycles. The zero-order valence-electron chi connectivity index (χ0n) is 13.1. The molecule has 7 nitrogen and oxygen atoms in total. The SMILES string of the molecule is N#C/C(=C/Nc1ccc(C#N)cc1)C(=O)NCCCCCC(=O)O. The van der Waals surface area contributed by atoms with E-state index in [1.54, 1.807) is 24.3 Å². The summed E-state index contributed by atoms with van der Waals surface area (Å²) in [6, 6.07) is 10.4. The first-order chi connectivity index (χ1) is 11.6. The Balaban J connectivity index is 2.41. The molecule has 24 heavy (non-hydrogen) atoms. The van der Waals surface area contributed by atoms with E-state index in [2.05, 4.69) is 10.6 Å². The predicted octanol–water partition coefficient (Wildman–Crippen LogP) is 2.14. The molecule has 7 heteroatoms. The van der Waals surface area contributed by atoms with Gasteiger partial charge >= 0.3 is 5.97 Å². The molecule has 1 aromatic carbocycles. The maximum atomic E-state index is 11.9. The van der Waals surface area contributed by atoms with Crippen molar-refractivity contribution in [3.8, 4) is 12.1 Å². The molecule has 0 aliphatic heterocycles. The van der Waals surface area contributed by atoms with Gasteiger partial charge in [-0.05, 0) is 37.1 Å². The van der Waals surface area contributed by atoms with Crippen molar-refractivity contribution >= 4 is 17.6 Å². The van der Waals surface area contributed by atoms with E-state index in [0.29, 0.717) is 37.1 Å². The van der Waals surface area contributed by atoms with E-state index in [0.717, 1.165) is 0 Å². The van der Waals surface area contributed by atoms with Crippen LogP contribution in [0.5, 0.6) is 0 Å². The standard InChI is InChI=1S/C17H18N4O3/c18-10-13-5-7-15(8-6-13)21-12-14(11-19)17(24)20-9-3-1-2-4-16(22)23/h5-8,12,21H,1-4,9H2,(H,20,24)(H,22,23)/b14-12-. The fourth-order valence-corrected chi connectivity index (χ4v) is 1.82. The molecule has 0 spiro atoms. The van der Waals surface area contributed by atoms with Crippen LogP contribution in [0, 0.1) is 22.7 Å². The number of benzene rings is 1. The number of carboxylic acid groups (broad SMARTS) is 1. The zero-order chi connectivity index (χ0) is 17.8. The molecular formula is C17H18N4O3. The van der Waals surface area contributed by atoms with E-state index in [-0.39, 0.29) is 12.0 Å². The number of rotatable bonds is 9. The van der Waals surface area contributed by atoms with Gasteiger partial charge in [0.25, 0.3) is 5.91 Å². The Morgan fingerprint density at radius 2 is 1.83 bits per heavy atom. The van der Waals surface area contributed by atoms with Crippen molar-refractivity contribution in [3.05, 3.63) is 41.6 Å². The van der Waals surface area contributed by atoms with E-state index in [1.165, 1.54) is 6.20 Å². The summed E-state index contributed by atoms with van der Waals surface area (Å²) in [7, 11) is 0. The third-order valence-electron chi connectivity index (χ3n) is 3.12. The number of aliphatic carboxylic acids is 1. The third-order valence-corrected chi connectivity index (χ3v) is 3.12. The lowest BCUT2D eigenvalue weighted by Crippen LogP contribution is -2.26. The van der Waals surface area contributed by atoms with Crippen LogP contribution in [-0.4, -0.2) is 23.5 Å². The first-order valence-corrected chi connectivity index (χ1v) is 7.43. The second-order valence-electron chi connectivity index (χ2n) is 4.96. The highest BCUT2D eigenvalue weighted by Gasteiger charge is 2.07. The highest BCUT2D eigenvalue weighted by atomic mass is 16.4. The smallest absolute Gasteiger partial charge is 0.303 e. The van der Waals surface area contributed by atoms with Gasteiger partial charge in [-0.3, -0.25) is 9.59 Å². The number of nitrogens with one attached hydrogen (secondary N) is 2. The molecule has 0 saturated heterocycles. The Morgan fingerprint density at radius 1 is 1.12 bits per heavy atom. The van der Waals surface area contributed by atoms with E-state index in [4.69, 9.17) is 15.6 Å². The van der Waals surface area contributed by atoms with Gasteiger partial charge in [0.2, 0.25) is 0 Å². The largest absolute Gasteiger partial charge is 0.481 e. The van der Waals surface area contributed by atoms with Crippen molar-refractivity contribution in [2.75, 3.05) is 11.9 Å². The van der Waals surface area contributed by atoms with Gasteiger partial charge in [0.1, 0.15) is 11.6 Å². The molecule has 0 fully saturated rings. The van der Waals surface area contributed by atoms with Gasteiger partial charge in [-0.2, -0.15) is 10.5 Å². The van der Waals surface area contributed by atoms with E-state index in [1.807, 2.05) is 12.1 Å². The number of anilines is 1. The Kier molecular flexibility index (Phi) is 8.13. The summed E-state index contributed by atoms with van der Waals surface area (Å²) in [6.07, 6.45) is 3.34. The van der Waals surface area contributed by atoms with Crippen molar-refractivity contribution in [2.24, 2.45) is 0 Å². The average Bonchev–Trinajstić information content (AvgIpc) is 2.58. The van der Waals surface area contributed by atoms with Gasteiger partial charge in [-0.1, -0.05) is 6.42 Å². The van der Waals surface area contributed by atoms with Crippen LogP contribution in [0.3, 0.4) is 0 Å². The minimum atomic E-state index is -0.831. The maximum absolute atomic E-state index is 11.9. The van der Waals surface area contributed by atoms with Crippen LogP contribution in [0.25, 0.3) is 0 Å². The summed E-state index contributed by atoms with van der Waals surface area (Å²) < 4.78 is 0. The lowest BCUT2D eigenvalue weighted by molar-refractivity contribution is -0.137. The molecule has 0 atom stereocenters. The molecule has 1 aromatic rings. The molecule has 0 radical (unpaired) electrons. The number of amides is 1. The number of nitrogens with zero attached hydrogens (tertiary/aromatic N) is 2. The van der Waals surface area contributed by atoms with Crippen molar-refractivity contribution in [1.82, 2.24) is 5.32 Å². The minimum absolute atomic E-state index is 0.0649. The quantitative estimate of drug-likeness (QED) is 0.362. The first-order valence-electron chi connectivity index (χ1n) is 7.43. The lowest BCUT2D eigenvalue weighted by atomic mass is 10.2. The normalized spacial score (nSPS) is 10.3. The number of nitriles is 2. The fourth-order valence-electron chi connectivity index (χ4n) is 1.82. The van der Waals surface area contributed by atoms with E-state index < -0.39 is 11.9 Å². The van der Waals surface area contributed by atoms with Crippen LogP contribution < -0.4 is 10.6 Å². The third kappa shape index (κ3) is 7.10. The average molecular weight is 326 g/mol. The monoisotopic (exact) mass is 326 g/mol. The summed E-state index contributed by atoms with van der Waals surface area (Å²) >= 11 is 0. The Bertz CT molecular complexity index is 681. The van der Waals surface area contributed by atoms with Crippen LogP contribution >= 0.6 is 0 Å². The number of carbonyl (C=O) groups is 2. The molecular weight excluding hydrogens is 308 g/mol. The van der Waals surface area contributed by atoms with E-state index >= 15 is 0 Å². The van der Waals surface area contributed by atoms with Crippen LogP contribution in [0.2, 0.25) is 0 Å². The highest BCUT2D eigenvalue weighted by Crippen LogP contribution is 2.09. The number of hydrogen-bond donors (Lipinski definition) is 3. The highest BCUT2D eigenvalue weighted by molar-refractivity contribution is 5.97. The predicted molar refractivity (Wildman–Crippen MR) is 87.6 cm³/mol. The van der Waals surface area contributed by atoms with Gasteiger partial charge in [0, 0.05) is 24.9 Å². The summed E-state index contributed by atoms with van der Waals surface area (Å²) in [5.74, 6) is -1.32. The van der Waals surface area contributed by atoms with Gasteiger partial charge < -0.3 is 15.7 Å². The second kappa shape index (κ2) is 10.4. The molecule has 1 rings (SSSR count). The molecule has 3 N–H and O–H groups in total. The number of carbonyl (C=O) groups excluding carboxylic acids is 1. The second-order valence-corrected chi connectivity index (χ2v) is 4.96. The van der Waals surface area contributed by atoms with Crippen molar-refractivity contribution in [3.63, 3.8) is 0 Å². The molecule has 0 aliphatic rings. The van der Waals surface area contributed by atoms with Crippen LogP contribution in [-0.2, 0) is 9.59 Å². The van der Waals surface area contributed by atoms with Gasteiger partial charge in [-0.15, -0.1) is 0 Å². The van der Waals surface area contributed by atoms with Crippen LogP contribution in [0.15, 0.2) is 36.0 Å². The first kappa shape index (κ1) is 18.7. The van der Waals surface area contributed by atoms with Crippen molar-refractivity contribution in [1.29, 1.82) is 10.5 Å². The van der Waals surface area contributed by atoms with Crippen molar-refractivity contribution < 1.29 is 14.7 Å². The molecule has 0 unspecified atom stereocenters. The fraction of sp³-hybridized carbons (Fsp3) is 0.294. The van der Waals surface area contributed by atoms with Crippen LogP contribution in [0.4, 0.5) is 5.69 Å². The molecule has 0 aromatic heterocycles. The Morgan fingerprint density at radius 3 is 2.42 bits per heavy atom. The Labute approximate surface area is 140 Å². The van der Waals surface area contributed by atoms with Crippen molar-refractivity contribution in [2.45, 2.75) is 25.7 Å². The van der Waals surface area contributed by atoms with E-state index in [9.17, 15) is 9.59 Å². The van der Waals surface area contributed by atoms with Crippen LogP contribution in [0.1, 0.15) is 31.2 Å². The molecule has 0 heterocycles. The minimum Gasteiger partial charge on any atom is -0.481 e. The Hall–Kier alpha value is -3.32. The number of unbranched alkanes of at least 4 members (excludes halogenated alkanes) is 2. The topological polar surface area (TPSA) is 126 Å². The molecule has 0 bridgehead atoms. The molecule has 1 amide bonds. The zero-order valence-corrected chi connectivity index (χ0v) is 13.1. The lowest BCUT2D eigenvalue weighted by Gasteiger charge is -2.05.